The number of hydrogen-bond acceptors (Lipinski definition) is 1. The van der Waals surface area contributed by atoms with Crippen molar-refractivity contribution in [2.75, 3.05) is 0 Å². The van der Waals surface area contributed by atoms with Gasteiger partial charge in [-0.2, -0.15) is 0 Å². The van der Waals surface area contributed by atoms with Crippen molar-refractivity contribution < 1.29 is 4.79 Å². The Bertz CT molecular complexity index is 237. The minimum atomic E-state index is 0.639. The molecule has 0 spiro atoms. The van der Waals surface area contributed by atoms with Crippen molar-refractivity contribution in [1.82, 2.24) is 4.57 Å². The predicted molar refractivity (Wildman–Crippen MR) is 39.7 cm³/mol. The van der Waals surface area contributed by atoms with Crippen LogP contribution in [0.1, 0.15) is 10.5 Å². The van der Waals surface area contributed by atoms with Gasteiger partial charge in [-0.15, -0.1) is 6.58 Å². The molecule has 0 saturated carbocycles. The first-order valence-electron chi connectivity index (χ1n) is 2.96. The molecule has 1 aromatic heterocycles. The van der Waals surface area contributed by atoms with Gasteiger partial charge in [0.1, 0.15) is 0 Å². The van der Waals surface area contributed by atoms with E-state index >= 15 is 0 Å². The Morgan fingerprint density at radius 3 is 3.00 bits per heavy atom. The summed E-state index contributed by atoms with van der Waals surface area (Å²) in [6.45, 7) is 5.24. The van der Waals surface area contributed by atoms with Crippen LogP contribution in [0.15, 0.2) is 31.0 Å². The normalized spacial score (nSPS) is 9.20. The average molecular weight is 134 g/mol. The van der Waals surface area contributed by atoms with Crippen LogP contribution >= 0.6 is 0 Å². The van der Waals surface area contributed by atoms with Crippen molar-refractivity contribution in [1.29, 1.82) is 0 Å². The highest BCUT2D eigenvalue weighted by atomic mass is 16.1. The highest BCUT2D eigenvalue weighted by molar-refractivity contribution is 5.72. The zero-order chi connectivity index (χ0) is 7.40. The number of carbonyl (C=O) groups excluding carboxylic acids is 1. The topological polar surface area (TPSA) is 22.0 Å². The lowest BCUT2D eigenvalue weighted by molar-refractivity contribution is 0.111. The molecule has 0 saturated heterocycles. The van der Waals surface area contributed by atoms with E-state index in [1.165, 1.54) is 0 Å². The maximum Gasteiger partial charge on any atom is 0.166 e. The van der Waals surface area contributed by atoms with Gasteiger partial charge in [-0.05, 0) is 12.1 Å². The lowest BCUT2D eigenvalue weighted by Gasteiger charge is -1.96. The predicted octanol–water partition coefficient (Wildman–Crippen LogP) is 1.50. The summed E-state index contributed by atoms with van der Waals surface area (Å²) in [6, 6.07) is 3.55. The van der Waals surface area contributed by atoms with Gasteiger partial charge in [0.05, 0.1) is 12.2 Å². The van der Waals surface area contributed by atoms with Crippen molar-refractivity contribution in [3.63, 3.8) is 0 Å². The van der Waals surface area contributed by atoms with Gasteiger partial charge in [0, 0.05) is 6.20 Å². The third-order valence-corrected chi connectivity index (χ3v) is 1.20. The van der Waals surface area contributed by atoms with Crippen molar-refractivity contribution in [3.8, 4) is 0 Å². The van der Waals surface area contributed by atoms with Crippen LogP contribution in [0.4, 0.5) is 0 Å². The molecule has 1 heterocycles. The molecule has 0 bridgehead atoms. The molecule has 0 aliphatic carbocycles. The van der Waals surface area contributed by atoms with Gasteiger partial charge in [0.15, 0.2) is 6.29 Å². The Kier molecular flexibility index (Phi) is 2.05. The second-order valence-corrected chi connectivity index (χ2v) is 1.84. The van der Waals surface area contributed by atoms with E-state index < -0.39 is 0 Å². The van der Waals surface area contributed by atoms with Gasteiger partial charge >= 0.3 is 0 Å². The SMILES string of the molecule is C=C[CH]n1cccc1C=O. The number of aldehydes is 1. The fraction of sp³-hybridized carbons (Fsp3) is 0. The fourth-order valence-corrected chi connectivity index (χ4v) is 0.756. The van der Waals surface area contributed by atoms with Gasteiger partial charge in [-0.1, -0.05) is 6.08 Å². The van der Waals surface area contributed by atoms with Crippen LogP contribution in [0, 0.1) is 6.54 Å². The van der Waals surface area contributed by atoms with Crippen LogP contribution < -0.4 is 0 Å². The molecule has 1 radical (unpaired) electrons. The third-order valence-electron chi connectivity index (χ3n) is 1.20. The zero-order valence-corrected chi connectivity index (χ0v) is 5.53. The second kappa shape index (κ2) is 3.01. The van der Waals surface area contributed by atoms with Gasteiger partial charge < -0.3 is 4.57 Å². The Morgan fingerprint density at radius 2 is 2.40 bits per heavy atom. The van der Waals surface area contributed by atoms with Crippen molar-refractivity contribution >= 4 is 6.29 Å². The molecule has 10 heavy (non-hydrogen) atoms. The summed E-state index contributed by atoms with van der Waals surface area (Å²) in [5.41, 5.74) is 0.639. The molecule has 1 rings (SSSR count). The molecule has 2 nitrogen and oxygen atoms in total. The molecule has 0 amide bonds. The summed E-state index contributed by atoms with van der Waals surface area (Å²) in [5.74, 6) is 0. The Balaban J connectivity index is 2.89. The largest absolute Gasteiger partial charge is 0.336 e. The minimum Gasteiger partial charge on any atom is -0.336 e. The molecule has 0 fully saturated rings. The molecule has 0 aliphatic heterocycles. The summed E-state index contributed by atoms with van der Waals surface area (Å²) in [5, 5.41) is 0. The smallest absolute Gasteiger partial charge is 0.166 e. The molecular formula is C8H8NO. The number of aromatic nitrogens is 1. The molecule has 0 atom stereocenters. The lowest BCUT2D eigenvalue weighted by Crippen LogP contribution is -1.94. The first-order chi connectivity index (χ1) is 4.88. The molecule has 1 aromatic rings. The van der Waals surface area contributed by atoms with Crippen LogP contribution in [0.5, 0.6) is 0 Å². The molecule has 2 heteroatoms. The van der Waals surface area contributed by atoms with Gasteiger partial charge in [-0.3, -0.25) is 4.79 Å². The number of allylic oxidation sites excluding steroid dienone is 1. The lowest BCUT2D eigenvalue weighted by atomic mass is 10.4. The second-order valence-electron chi connectivity index (χ2n) is 1.84. The maximum atomic E-state index is 10.3. The molecular weight excluding hydrogens is 126 g/mol. The number of nitrogens with zero attached hydrogens (tertiary/aromatic N) is 1. The van der Waals surface area contributed by atoms with E-state index in [0.29, 0.717) is 5.69 Å². The first-order valence-corrected chi connectivity index (χ1v) is 2.96. The van der Waals surface area contributed by atoms with Crippen LogP contribution in [-0.4, -0.2) is 10.9 Å². The summed E-state index contributed by atoms with van der Waals surface area (Å²) in [7, 11) is 0. The Morgan fingerprint density at radius 1 is 1.60 bits per heavy atom. The number of rotatable bonds is 3. The summed E-state index contributed by atoms with van der Waals surface area (Å²) < 4.78 is 1.71. The summed E-state index contributed by atoms with van der Waals surface area (Å²) >= 11 is 0. The van der Waals surface area contributed by atoms with Crippen molar-refractivity contribution in [2.24, 2.45) is 0 Å². The summed E-state index contributed by atoms with van der Waals surface area (Å²) in [6.07, 6.45) is 4.23. The maximum absolute atomic E-state index is 10.3. The molecule has 51 valence electrons. The van der Waals surface area contributed by atoms with Gasteiger partial charge in [0.2, 0.25) is 0 Å². The van der Waals surface area contributed by atoms with Gasteiger partial charge in [-0.25, -0.2) is 0 Å². The van der Waals surface area contributed by atoms with E-state index in [9.17, 15) is 4.79 Å². The van der Waals surface area contributed by atoms with Gasteiger partial charge in [0.25, 0.3) is 0 Å². The highest BCUT2D eigenvalue weighted by Gasteiger charge is 1.94. The fourth-order valence-electron chi connectivity index (χ4n) is 0.756. The molecule has 0 aliphatic rings. The molecule has 0 unspecified atom stereocenters. The third kappa shape index (κ3) is 1.16. The van der Waals surface area contributed by atoms with E-state index in [4.69, 9.17) is 0 Å². The number of hydrogen-bond donors (Lipinski definition) is 0. The summed E-state index contributed by atoms with van der Waals surface area (Å²) in [4.78, 5) is 10.3. The van der Waals surface area contributed by atoms with E-state index in [-0.39, 0.29) is 0 Å². The quantitative estimate of drug-likeness (QED) is 0.574. The minimum absolute atomic E-state index is 0.639. The van der Waals surface area contributed by atoms with E-state index in [1.54, 1.807) is 29.5 Å². The van der Waals surface area contributed by atoms with Crippen LogP contribution in [0.25, 0.3) is 0 Å². The molecule has 0 aromatic carbocycles. The monoisotopic (exact) mass is 134 g/mol. The van der Waals surface area contributed by atoms with Crippen molar-refractivity contribution in [3.05, 3.63) is 43.2 Å². The van der Waals surface area contributed by atoms with E-state index in [0.717, 1.165) is 6.29 Å². The standard InChI is InChI=1S/C8H8NO/c1-2-5-9-6-3-4-8(9)7-10/h2-7H,1H2. The van der Waals surface area contributed by atoms with E-state index in [1.807, 2.05) is 6.07 Å². The Labute approximate surface area is 59.8 Å². The molecule has 0 N–H and O–H groups in total. The average Bonchev–Trinajstić information content (AvgIpc) is 2.36. The van der Waals surface area contributed by atoms with Crippen LogP contribution in [0.2, 0.25) is 0 Å². The van der Waals surface area contributed by atoms with Crippen LogP contribution in [0.3, 0.4) is 0 Å². The number of carbonyl (C=O) groups is 1. The van der Waals surface area contributed by atoms with Crippen molar-refractivity contribution in [2.45, 2.75) is 0 Å². The highest BCUT2D eigenvalue weighted by Crippen LogP contribution is 1.99. The Hall–Kier alpha value is -1.31. The zero-order valence-electron chi connectivity index (χ0n) is 5.53. The first kappa shape index (κ1) is 6.81. The van der Waals surface area contributed by atoms with Crippen LogP contribution in [-0.2, 0) is 0 Å². The van der Waals surface area contributed by atoms with E-state index in [2.05, 4.69) is 6.58 Å².